The standard InChI is InChI=1S/C36H63BrN2/c1-3-4-5-6-7-18-21-25-33-39-34-27-29-36(35-39)28-22-19-16-14-12-10-8-9-11-13-15-17-20-24-31-38(2)32-26-23-30-37/h23,26-27,29-30,32,34-35H,2-22,24-25,28,31,33H2,1H3/q+2. The third-order valence-corrected chi connectivity index (χ3v) is 8.14. The van der Waals surface area contributed by atoms with E-state index in [1.54, 1.807) is 0 Å². The molecule has 0 N–H and O–H groups in total. The lowest BCUT2D eigenvalue weighted by atomic mass is 10.0. The molecule has 0 radical (unpaired) electrons. The van der Waals surface area contributed by atoms with Crippen LogP contribution in [0.3, 0.4) is 0 Å². The predicted molar refractivity (Wildman–Crippen MR) is 177 cm³/mol. The number of unbranched alkanes of at least 4 members (excludes halogenated alkanes) is 20. The SMILES string of the molecule is C=[N+](C=CC=CBr)CCCCCCCCCCCCCCCCc1ccc[n+](CCCCCCCCCC)c1. The van der Waals surface area contributed by atoms with Crippen molar-refractivity contribution in [2.75, 3.05) is 6.54 Å². The molecule has 1 aromatic rings. The first-order valence-electron chi connectivity index (χ1n) is 16.7. The predicted octanol–water partition coefficient (Wildman–Crippen LogP) is 11.3. The van der Waals surface area contributed by atoms with E-state index in [1.165, 1.54) is 160 Å². The summed E-state index contributed by atoms with van der Waals surface area (Å²) >= 11 is 3.27. The van der Waals surface area contributed by atoms with Crippen LogP contribution in [0.2, 0.25) is 0 Å². The van der Waals surface area contributed by atoms with Gasteiger partial charge in [0.1, 0.15) is 19.8 Å². The summed E-state index contributed by atoms with van der Waals surface area (Å²) in [6.07, 6.45) is 42.6. The molecule has 0 spiro atoms. The number of halogens is 1. The van der Waals surface area contributed by atoms with E-state index in [0.717, 1.165) is 6.54 Å². The lowest BCUT2D eigenvalue weighted by molar-refractivity contribution is -0.697. The zero-order valence-corrected chi connectivity index (χ0v) is 27.4. The van der Waals surface area contributed by atoms with Crippen molar-refractivity contribution < 1.29 is 9.14 Å². The Bertz CT molecular complexity index is 739. The van der Waals surface area contributed by atoms with E-state index in [1.807, 2.05) is 27.9 Å². The van der Waals surface area contributed by atoms with E-state index in [-0.39, 0.29) is 0 Å². The van der Waals surface area contributed by atoms with Crippen LogP contribution in [0.1, 0.15) is 154 Å². The summed E-state index contributed by atoms with van der Waals surface area (Å²) in [7, 11) is 0. The van der Waals surface area contributed by atoms with Crippen LogP contribution in [-0.2, 0) is 13.0 Å². The molecule has 0 saturated carbocycles. The molecule has 0 fully saturated rings. The molecule has 0 bridgehead atoms. The lowest BCUT2D eigenvalue weighted by Crippen LogP contribution is -2.33. The van der Waals surface area contributed by atoms with E-state index in [9.17, 15) is 0 Å². The van der Waals surface area contributed by atoms with E-state index in [2.05, 4.69) is 58.7 Å². The van der Waals surface area contributed by atoms with Crippen molar-refractivity contribution in [3.8, 4) is 0 Å². The fourth-order valence-corrected chi connectivity index (χ4v) is 5.52. The average Bonchev–Trinajstić information content (AvgIpc) is 2.94. The highest BCUT2D eigenvalue weighted by atomic mass is 79.9. The van der Waals surface area contributed by atoms with Crippen molar-refractivity contribution in [1.29, 1.82) is 0 Å². The van der Waals surface area contributed by atoms with Gasteiger partial charge in [0.2, 0.25) is 0 Å². The second-order valence-corrected chi connectivity index (χ2v) is 12.1. The van der Waals surface area contributed by atoms with Crippen LogP contribution in [0, 0.1) is 0 Å². The number of nitrogens with zero attached hydrogens (tertiary/aromatic N) is 2. The first kappa shape index (κ1) is 35.8. The minimum absolute atomic E-state index is 1.05. The van der Waals surface area contributed by atoms with Crippen molar-refractivity contribution in [2.24, 2.45) is 0 Å². The molecule has 0 saturated heterocycles. The highest BCUT2D eigenvalue weighted by Gasteiger charge is 2.03. The minimum atomic E-state index is 1.05. The van der Waals surface area contributed by atoms with Gasteiger partial charge in [-0.15, -0.1) is 0 Å². The molecule has 0 unspecified atom stereocenters. The molecule has 0 aromatic carbocycles. The number of aryl methyl sites for hydroxylation is 2. The molecule has 0 aliphatic heterocycles. The zero-order valence-electron chi connectivity index (χ0n) is 25.8. The summed E-state index contributed by atoms with van der Waals surface area (Å²) in [5, 5.41) is 0. The molecule has 0 aliphatic rings. The van der Waals surface area contributed by atoms with Crippen molar-refractivity contribution in [2.45, 2.75) is 161 Å². The lowest BCUT2D eigenvalue weighted by Gasteiger charge is -2.04. The van der Waals surface area contributed by atoms with Gasteiger partial charge in [-0.2, -0.15) is 0 Å². The molecule has 3 heteroatoms. The average molecular weight is 604 g/mol. The molecule has 1 rings (SSSR count). The quantitative estimate of drug-likeness (QED) is 0.0389. The summed E-state index contributed by atoms with van der Waals surface area (Å²) in [5.41, 5.74) is 1.53. The van der Waals surface area contributed by atoms with Gasteiger partial charge in [0.15, 0.2) is 18.6 Å². The smallest absolute Gasteiger partial charge is 0.171 e. The summed E-state index contributed by atoms with van der Waals surface area (Å²) in [4.78, 5) is 1.86. The molecule has 1 heterocycles. The Hall–Kier alpha value is -1.22. The molecular formula is C36H63BrN2+2. The Morgan fingerprint density at radius 2 is 1.21 bits per heavy atom. The maximum Gasteiger partial charge on any atom is 0.171 e. The number of pyridine rings is 1. The van der Waals surface area contributed by atoms with Crippen molar-refractivity contribution in [1.82, 2.24) is 0 Å². The van der Waals surface area contributed by atoms with Crippen LogP contribution in [0.5, 0.6) is 0 Å². The zero-order chi connectivity index (χ0) is 28.1. The fourth-order valence-electron chi connectivity index (χ4n) is 5.34. The highest BCUT2D eigenvalue weighted by molar-refractivity contribution is 9.11. The topological polar surface area (TPSA) is 6.89 Å². The van der Waals surface area contributed by atoms with E-state index < -0.39 is 0 Å². The largest absolute Gasteiger partial charge is 0.212 e. The van der Waals surface area contributed by atoms with Gasteiger partial charge in [0.05, 0.1) is 0 Å². The third-order valence-electron chi connectivity index (χ3n) is 7.83. The summed E-state index contributed by atoms with van der Waals surface area (Å²) < 4.78 is 4.46. The normalized spacial score (nSPS) is 11.7. The van der Waals surface area contributed by atoms with Crippen LogP contribution in [-0.4, -0.2) is 17.8 Å². The molecule has 2 nitrogen and oxygen atoms in total. The van der Waals surface area contributed by atoms with Crippen LogP contribution in [0.25, 0.3) is 0 Å². The Morgan fingerprint density at radius 1 is 0.692 bits per heavy atom. The Morgan fingerprint density at radius 3 is 1.77 bits per heavy atom. The van der Waals surface area contributed by atoms with Crippen LogP contribution in [0.4, 0.5) is 0 Å². The minimum Gasteiger partial charge on any atom is -0.212 e. The molecule has 0 amide bonds. The highest BCUT2D eigenvalue weighted by Crippen LogP contribution is 2.14. The summed E-state index contributed by atoms with van der Waals surface area (Å²) in [6, 6.07) is 4.58. The Labute approximate surface area is 252 Å². The van der Waals surface area contributed by atoms with Gasteiger partial charge in [0.25, 0.3) is 0 Å². The molecule has 1 aromatic heterocycles. The van der Waals surface area contributed by atoms with Gasteiger partial charge in [-0.05, 0) is 42.8 Å². The Balaban J connectivity index is 1.86. The molecule has 39 heavy (non-hydrogen) atoms. The molecular weight excluding hydrogens is 540 g/mol. The van der Waals surface area contributed by atoms with Gasteiger partial charge in [-0.25, -0.2) is 9.14 Å². The third kappa shape index (κ3) is 24.3. The first-order valence-corrected chi connectivity index (χ1v) is 17.7. The van der Waals surface area contributed by atoms with Gasteiger partial charge in [-0.3, -0.25) is 0 Å². The number of aromatic nitrogens is 1. The molecule has 0 aliphatic carbocycles. The van der Waals surface area contributed by atoms with Crippen LogP contribution in [0.15, 0.2) is 47.9 Å². The number of rotatable bonds is 28. The van der Waals surface area contributed by atoms with Gasteiger partial charge >= 0.3 is 0 Å². The van der Waals surface area contributed by atoms with Crippen LogP contribution >= 0.6 is 15.9 Å². The fraction of sp³-hybridized carbons (Fsp3) is 0.722. The van der Waals surface area contributed by atoms with E-state index in [0.29, 0.717) is 0 Å². The van der Waals surface area contributed by atoms with E-state index >= 15 is 0 Å². The van der Waals surface area contributed by atoms with Crippen LogP contribution < -0.4 is 4.57 Å². The second kappa shape index (κ2) is 28.3. The van der Waals surface area contributed by atoms with Gasteiger partial charge in [0, 0.05) is 30.5 Å². The molecule has 0 atom stereocenters. The van der Waals surface area contributed by atoms with E-state index in [4.69, 9.17) is 0 Å². The summed E-state index contributed by atoms with van der Waals surface area (Å²) in [6.45, 7) is 8.58. The number of hydrogen-bond donors (Lipinski definition) is 0. The van der Waals surface area contributed by atoms with Crippen molar-refractivity contribution in [3.63, 3.8) is 0 Å². The van der Waals surface area contributed by atoms with Gasteiger partial charge < -0.3 is 0 Å². The monoisotopic (exact) mass is 602 g/mol. The Kier molecular flexibility index (Phi) is 26.0. The first-order chi connectivity index (χ1) is 19.3. The van der Waals surface area contributed by atoms with Crippen molar-refractivity contribution >= 4 is 22.6 Å². The van der Waals surface area contributed by atoms with Crippen molar-refractivity contribution in [3.05, 3.63) is 53.4 Å². The summed E-state index contributed by atoms with van der Waals surface area (Å²) in [5.74, 6) is 0. The number of allylic oxidation sites excluding steroid dienone is 2. The number of hydrogen-bond acceptors (Lipinski definition) is 0. The maximum atomic E-state index is 4.04. The second-order valence-electron chi connectivity index (χ2n) is 11.6. The maximum absolute atomic E-state index is 4.04. The molecule has 222 valence electrons. The van der Waals surface area contributed by atoms with Gasteiger partial charge in [-0.1, -0.05) is 132 Å².